The lowest BCUT2D eigenvalue weighted by Crippen LogP contribution is -2.37. The third-order valence-corrected chi connectivity index (χ3v) is 5.89. The molecule has 4 nitrogen and oxygen atoms in total. The number of aromatic nitrogens is 1. The molecule has 0 radical (unpaired) electrons. The second-order valence-corrected chi connectivity index (χ2v) is 7.16. The van der Waals surface area contributed by atoms with Crippen LogP contribution in [0.25, 0.3) is 0 Å². The van der Waals surface area contributed by atoms with E-state index < -0.39 is 5.91 Å². The summed E-state index contributed by atoms with van der Waals surface area (Å²) in [6.07, 6.45) is 1.69. The van der Waals surface area contributed by atoms with Crippen LogP contribution in [-0.2, 0) is 6.42 Å². The summed E-state index contributed by atoms with van der Waals surface area (Å²) in [7, 11) is 1.57. The van der Waals surface area contributed by atoms with Crippen LogP contribution in [0.15, 0.2) is 12.1 Å². The third-order valence-electron chi connectivity index (χ3n) is 4.21. The van der Waals surface area contributed by atoms with Crippen LogP contribution in [0.1, 0.15) is 28.0 Å². The molecule has 2 heterocycles. The van der Waals surface area contributed by atoms with Crippen LogP contribution in [-0.4, -0.2) is 24.5 Å². The molecule has 1 aromatic heterocycles. The number of pyridine rings is 1. The first-order valence-corrected chi connectivity index (χ1v) is 9.06. The van der Waals surface area contributed by atoms with Gasteiger partial charge in [-0.1, -0.05) is 52.5 Å². The lowest BCUT2D eigenvalue weighted by molar-refractivity contribution is 0.0979. The van der Waals surface area contributed by atoms with E-state index in [1.807, 2.05) is 19.1 Å². The molecule has 132 valence electrons. The summed E-state index contributed by atoms with van der Waals surface area (Å²) < 4.78 is 5.46. The minimum absolute atomic E-state index is 0.0140. The number of hydrogen-bond acceptors (Lipinski definition) is 3. The Morgan fingerprint density at radius 1 is 1.16 bits per heavy atom. The van der Waals surface area contributed by atoms with Crippen LogP contribution in [0.4, 0.5) is 5.69 Å². The van der Waals surface area contributed by atoms with E-state index in [-0.39, 0.29) is 25.9 Å². The quantitative estimate of drug-likeness (QED) is 0.594. The molecule has 25 heavy (non-hydrogen) atoms. The number of hydrogen-bond donors (Lipinski definition) is 0. The Hall–Kier alpha value is -1.20. The van der Waals surface area contributed by atoms with E-state index in [1.165, 1.54) is 0 Å². The fraction of sp³-hybridized carbons (Fsp3) is 0.294. The number of aryl methyl sites for hydroxylation is 1. The van der Waals surface area contributed by atoms with Gasteiger partial charge in [-0.3, -0.25) is 4.79 Å². The lowest BCUT2D eigenvalue weighted by Gasteiger charge is -2.32. The van der Waals surface area contributed by atoms with E-state index in [2.05, 4.69) is 4.98 Å². The molecule has 1 aliphatic rings. The fourth-order valence-corrected chi connectivity index (χ4v) is 3.79. The molecular formula is C17H14Cl4N2O2. The van der Waals surface area contributed by atoms with Crippen molar-refractivity contribution in [1.29, 1.82) is 0 Å². The van der Waals surface area contributed by atoms with Gasteiger partial charge in [-0.15, -0.1) is 0 Å². The number of amides is 1. The molecule has 0 spiro atoms. The summed E-state index contributed by atoms with van der Waals surface area (Å²) in [5.74, 6) is 0.228. The highest BCUT2D eigenvalue weighted by atomic mass is 35.5. The molecule has 1 amide bonds. The number of carbonyl (C=O) groups is 1. The number of halogens is 4. The van der Waals surface area contributed by atoms with Gasteiger partial charge in [-0.05, 0) is 37.0 Å². The van der Waals surface area contributed by atoms with E-state index in [0.29, 0.717) is 12.3 Å². The smallest absolute Gasteiger partial charge is 0.278 e. The molecule has 0 N–H and O–H groups in total. The summed E-state index contributed by atoms with van der Waals surface area (Å²) in [6.45, 7) is 2.52. The third kappa shape index (κ3) is 3.17. The number of ether oxygens (including phenoxy) is 1. The fourth-order valence-electron chi connectivity index (χ4n) is 2.98. The maximum Gasteiger partial charge on any atom is 0.278 e. The van der Waals surface area contributed by atoms with Crippen molar-refractivity contribution in [2.45, 2.75) is 19.8 Å². The summed E-state index contributed by atoms with van der Waals surface area (Å²) in [4.78, 5) is 18.8. The number of methoxy groups -OCH3 is 1. The van der Waals surface area contributed by atoms with Crippen LogP contribution >= 0.6 is 46.4 Å². The number of rotatable bonds is 2. The van der Waals surface area contributed by atoms with Gasteiger partial charge in [0.2, 0.25) is 0 Å². The zero-order valence-corrected chi connectivity index (χ0v) is 16.5. The molecule has 0 saturated carbocycles. The van der Waals surface area contributed by atoms with Gasteiger partial charge in [0, 0.05) is 6.54 Å². The average Bonchev–Trinajstić information content (AvgIpc) is 2.62. The molecule has 3 rings (SSSR count). The van der Waals surface area contributed by atoms with E-state index in [0.717, 1.165) is 29.7 Å². The van der Waals surface area contributed by atoms with Gasteiger partial charge >= 0.3 is 0 Å². The zero-order chi connectivity index (χ0) is 18.3. The summed E-state index contributed by atoms with van der Waals surface area (Å²) in [5.41, 5.74) is 2.87. The Morgan fingerprint density at radius 2 is 1.88 bits per heavy atom. The molecule has 0 atom stereocenters. The topological polar surface area (TPSA) is 42.4 Å². The van der Waals surface area contributed by atoms with Gasteiger partial charge in [0.15, 0.2) is 5.69 Å². The van der Waals surface area contributed by atoms with Gasteiger partial charge < -0.3 is 9.64 Å². The molecule has 8 heteroatoms. The Morgan fingerprint density at radius 3 is 2.56 bits per heavy atom. The lowest BCUT2D eigenvalue weighted by atomic mass is 9.96. The highest BCUT2D eigenvalue weighted by Crippen LogP contribution is 2.41. The van der Waals surface area contributed by atoms with Crippen molar-refractivity contribution in [1.82, 2.24) is 4.98 Å². The van der Waals surface area contributed by atoms with Crippen molar-refractivity contribution in [3.05, 3.63) is 49.2 Å². The first-order chi connectivity index (χ1) is 11.9. The van der Waals surface area contributed by atoms with Crippen molar-refractivity contribution >= 4 is 58.0 Å². The largest absolute Gasteiger partial charge is 0.495 e. The Bertz CT molecular complexity index is 870. The van der Waals surface area contributed by atoms with Crippen molar-refractivity contribution in [2.75, 3.05) is 18.6 Å². The molecule has 1 aliphatic heterocycles. The number of carbonyl (C=O) groups excluding carboxylic acids is 1. The molecule has 0 aliphatic carbocycles. The van der Waals surface area contributed by atoms with Crippen LogP contribution in [0, 0.1) is 6.92 Å². The van der Waals surface area contributed by atoms with Crippen LogP contribution < -0.4 is 9.64 Å². The predicted octanol–water partition coefficient (Wildman–Crippen LogP) is 5.61. The highest BCUT2D eigenvalue weighted by Gasteiger charge is 2.31. The maximum atomic E-state index is 13.1. The standard InChI is InChI=1S/C17H14Cl4N2O2/c1-8-5-6-10(25-2)15-9(8)4-3-7-23(15)17(24)14-12(19)11(18)13(20)16(21)22-14/h5-6H,3-4,7H2,1-2H3. The summed E-state index contributed by atoms with van der Waals surface area (Å²) >= 11 is 24.2. The monoisotopic (exact) mass is 418 g/mol. The van der Waals surface area contributed by atoms with Crippen LogP contribution in [0.3, 0.4) is 0 Å². The molecule has 0 fully saturated rings. The number of fused-ring (bicyclic) bond motifs is 1. The van der Waals surface area contributed by atoms with Crippen molar-refractivity contribution < 1.29 is 9.53 Å². The average molecular weight is 420 g/mol. The SMILES string of the molecule is COc1ccc(C)c2c1N(C(=O)c1nc(Cl)c(Cl)c(Cl)c1Cl)CCC2. The second kappa shape index (κ2) is 7.20. The number of benzene rings is 1. The highest BCUT2D eigenvalue weighted by molar-refractivity contribution is 6.52. The summed E-state index contributed by atoms with van der Waals surface area (Å²) in [6, 6.07) is 3.82. The minimum atomic E-state index is -0.393. The summed E-state index contributed by atoms with van der Waals surface area (Å²) in [5, 5.41) is -0.0369. The zero-order valence-electron chi connectivity index (χ0n) is 13.5. The van der Waals surface area contributed by atoms with E-state index in [4.69, 9.17) is 51.1 Å². The number of nitrogens with zero attached hydrogens (tertiary/aromatic N) is 2. The molecule has 0 saturated heterocycles. The predicted molar refractivity (Wildman–Crippen MR) is 102 cm³/mol. The molecule has 2 aromatic rings. The van der Waals surface area contributed by atoms with Gasteiger partial charge in [-0.2, -0.15) is 0 Å². The van der Waals surface area contributed by atoms with E-state index in [1.54, 1.807) is 12.0 Å². The van der Waals surface area contributed by atoms with Gasteiger partial charge in [0.1, 0.15) is 10.9 Å². The van der Waals surface area contributed by atoms with Crippen molar-refractivity contribution in [3.8, 4) is 5.75 Å². The normalized spacial score (nSPS) is 13.6. The van der Waals surface area contributed by atoms with Gasteiger partial charge in [0.05, 0.1) is 27.9 Å². The Kier molecular flexibility index (Phi) is 5.35. The van der Waals surface area contributed by atoms with E-state index in [9.17, 15) is 4.79 Å². The Labute approximate surface area is 165 Å². The maximum absolute atomic E-state index is 13.1. The van der Waals surface area contributed by atoms with Gasteiger partial charge in [0.25, 0.3) is 5.91 Å². The van der Waals surface area contributed by atoms with Crippen molar-refractivity contribution in [3.63, 3.8) is 0 Å². The molecular weight excluding hydrogens is 406 g/mol. The van der Waals surface area contributed by atoms with Crippen LogP contribution in [0.2, 0.25) is 20.2 Å². The van der Waals surface area contributed by atoms with Crippen molar-refractivity contribution in [2.24, 2.45) is 0 Å². The first kappa shape index (κ1) is 18.6. The van der Waals surface area contributed by atoms with E-state index >= 15 is 0 Å². The first-order valence-electron chi connectivity index (χ1n) is 7.55. The number of anilines is 1. The van der Waals surface area contributed by atoms with Crippen LogP contribution in [0.5, 0.6) is 5.75 Å². The molecule has 0 bridgehead atoms. The van der Waals surface area contributed by atoms with Gasteiger partial charge in [-0.25, -0.2) is 4.98 Å². The second-order valence-electron chi connectivity index (χ2n) is 5.67. The molecule has 0 unspecified atom stereocenters. The molecule has 1 aromatic carbocycles. The Balaban J connectivity index is 2.15. The minimum Gasteiger partial charge on any atom is -0.495 e.